The van der Waals surface area contributed by atoms with E-state index in [0.717, 1.165) is 28.3 Å². The summed E-state index contributed by atoms with van der Waals surface area (Å²) in [5.74, 6) is 1.44. The van der Waals surface area contributed by atoms with Crippen LogP contribution in [0.15, 0.2) is 99.9 Å². The zero-order valence-electron chi connectivity index (χ0n) is 29.3. The molecule has 1 aliphatic rings. The predicted octanol–water partition coefficient (Wildman–Crippen LogP) is 5.96. The molecule has 0 saturated heterocycles. The molecule has 10 nitrogen and oxygen atoms in total. The third kappa shape index (κ3) is 7.40. The van der Waals surface area contributed by atoms with Crippen LogP contribution < -0.4 is 33.8 Å². The molecule has 0 fully saturated rings. The SMILES string of the molecule is CCCOc1c(OC)cccc1[C@@H]1C(C(=O)OCCOC)=C(C)N=c2s/c(=C/c3ccc(OCc4cccc5ccccc45)c(OC)c3)c(=O)n21. The molecular formula is C40H40N2O8S. The van der Waals surface area contributed by atoms with Gasteiger partial charge in [-0.05, 0) is 59.5 Å². The maximum atomic E-state index is 14.4. The molecule has 0 N–H and O–H groups in total. The monoisotopic (exact) mass is 708 g/mol. The van der Waals surface area contributed by atoms with Crippen molar-refractivity contribution in [2.75, 3.05) is 41.2 Å². The molecule has 1 atom stereocenters. The highest BCUT2D eigenvalue weighted by molar-refractivity contribution is 7.07. The highest BCUT2D eigenvalue weighted by Crippen LogP contribution is 2.41. The quantitative estimate of drug-likeness (QED) is 0.103. The molecular weight excluding hydrogens is 669 g/mol. The first-order valence-electron chi connectivity index (χ1n) is 16.6. The van der Waals surface area contributed by atoms with Gasteiger partial charge >= 0.3 is 5.97 Å². The number of allylic oxidation sites excluding steroid dienone is 1. The van der Waals surface area contributed by atoms with Gasteiger partial charge in [0.05, 0.1) is 43.2 Å². The average Bonchev–Trinajstić information content (AvgIpc) is 3.45. The number of para-hydroxylation sites is 1. The van der Waals surface area contributed by atoms with Gasteiger partial charge in [-0.1, -0.05) is 78.9 Å². The minimum absolute atomic E-state index is 0.0457. The number of rotatable bonds is 14. The summed E-state index contributed by atoms with van der Waals surface area (Å²) in [7, 11) is 4.67. The molecule has 11 heteroatoms. The number of methoxy groups -OCH3 is 3. The van der Waals surface area contributed by atoms with Crippen molar-refractivity contribution in [1.29, 1.82) is 0 Å². The zero-order valence-corrected chi connectivity index (χ0v) is 30.1. The molecule has 0 radical (unpaired) electrons. The van der Waals surface area contributed by atoms with E-state index >= 15 is 0 Å². The number of nitrogens with zero attached hydrogens (tertiary/aromatic N) is 2. The van der Waals surface area contributed by atoms with E-state index in [1.54, 1.807) is 33.3 Å². The van der Waals surface area contributed by atoms with E-state index in [9.17, 15) is 9.59 Å². The molecule has 2 heterocycles. The second-order valence-electron chi connectivity index (χ2n) is 11.8. The van der Waals surface area contributed by atoms with Gasteiger partial charge in [0.25, 0.3) is 5.56 Å². The molecule has 0 aliphatic carbocycles. The molecule has 4 aromatic carbocycles. The second kappa shape index (κ2) is 16.1. The highest BCUT2D eigenvalue weighted by atomic mass is 32.1. The van der Waals surface area contributed by atoms with E-state index in [2.05, 4.69) is 18.2 Å². The van der Waals surface area contributed by atoms with Gasteiger partial charge in [0.1, 0.15) is 19.3 Å². The topological polar surface area (TPSA) is 107 Å². The van der Waals surface area contributed by atoms with Gasteiger partial charge in [-0.25, -0.2) is 9.79 Å². The minimum atomic E-state index is -0.889. The smallest absolute Gasteiger partial charge is 0.338 e. The molecule has 0 saturated carbocycles. The first-order valence-corrected chi connectivity index (χ1v) is 17.5. The summed E-state index contributed by atoms with van der Waals surface area (Å²) in [6.07, 6.45) is 2.53. The Bertz CT molecular complexity index is 2270. The van der Waals surface area contributed by atoms with E-state index in [4.69, 9.17) is 33.4 Å². The summed E-state index contributed by atoms with van der Waals surface area (Å²) in [5, 5.41) is 2.27. The molecule has 1 aromatic heterocycles. The van der Waals surface area contributed by atoms with Gasteiger partial charge in [0, 0.05) is 12.7 Å². The first-order chi connectivity index (χ1) is 24.9. The number of esters is 1. The highest BCUT2D eigenvalue weighted by Gasteiger charge is 2.36. The van der Waals surface area contributed by atoms with Crippen LogP contribution in [0.5, 0.6) is 23.0 Å². The summed E-state index contributed by atoms with van der Waals surface area (Å²) < 4.78 is 36.4. The normalized spacial score (nSPS) is 14.2. The van der Waals surface area contributed by atoms with Crippen LogP contribution >= 0.6 is 11.3 Å². The van der Waals surface area contributed by atoms with Crippen molar-refractivity contribution >= 4 is 34.2 Å². The Labute approximate surface area is 299 Å². The van der Waals surface area contributed by atoms with Crippen molar-refractivity contribution in [3.8, 4) is 23.0 Å². The van der Waals surface area contributed by atoms with Gasteiger partial charge in [-0.3, -0.25) is 9.36 Å². The van der Waals surface area contributed by atoms with Gasteiger partial charge in [0.2, 0.25) is 0 Å². The fourth-order valence-corrected chi connectivity index (χ4v) is 7.10. The second-order valence-corrected chi connectivity index (χ2v) is 12.8. The lowest BCUT2D eigenvalue weighted by atomic mass is 9.94. The Hall–Kier alpha value is -5.39. The summed E-state index contributed by atoms with van der Waals surface area (Å²) >= 11 is 1.23. The summed E-state index contributed by atoms with van der Waals surface area (Å²) in [6, 6.07) is 24.4. The molecule has 6 rings (SSSR count). The van der Waals surface area contributed by atoms with Gasteiger partial charge in [0.15, 0.2) is 27.8 Å². The Morgan fingerprint density at radius 1 is 0.882 bits per heavy atom. The van der Waals surface area contributed by atoms with Gasteiger partial charge < -0.3 is 28.4 Å². The number of carbonyl (C=O) groups excluding carboxylic acids is 1. The summed E-state index contributed by atoms with van der Waals surface area (Å²) in [6.45, 7) is 4.78. The number of hydrogen-bond acceptors (Lipinski definition) is 10. The van der Waals surface area contributed by atoms with E-state index in [1.165, 1.54) is 23.0 Å². The third-order valence-electron chi connectivity index (χ3n) is 8.49. The molecule has 5 aromatic rings. The first kappa shape index (κ1) is 35.4. The van der Waals surface area contributed by atoms with Gasteiger partial charge in [-0.15, -0.1) is 0 Å². The Balaban J connectivity index is 1.40. The van der Waals surface area contributed by atoms with Crippen molar-refractivity contribution in [2.24, 2.45) is 4.99 Å². The van der Waals surface area contributed by atoms with Crippen LogP contribution in [0.4, 0.5) is 0 Å². The number of hydrogen-bond donors (Lipinski definition) is 0. The number of carbonyl (C=O) groups is 1. The standard InChI is InChI=1S/C40H40N2O8S/c1-6-19-48-37-30(15-10-16-32(37)46-4)36-35(39(44)49-21-20-45-3)25(2)41-40-42(36)38(43)34(51-40)23-26-17-18-31(33(22-26)47-5)50-24-28-13-9-12-27-11-7-8-14-29(27)28/h7-18,22-23,36H,6,19-21,24H2,1-5H3/b34-23+/t36-/m1/s1. The van der Waals surface area contributed by atoms with Crippen molar-refractivity contribution in [3.63, 3.8) is 0 Å². The lowest BCUT2D eigenvalue weighted by Crippen LogP contribution is -2.40. The fraction of sp³-hybridized carbons (Fsp3) is 0.275. The maximum Gasteiger partial charge on any atom is 0.338 e. The zero-order chi connectivity index (χ0) is 35.9. The molecule has 0 spiro atoms. The Morgan fingerprint density at radius 2 is 1.67 bits per heavy atom. The lowest BCUT2D eigenvalue weighted by molar-refractivity contribution is -0.140. The van der Waals surface area contributed by atoms with Crippen LogP contribution in [0, 0.1) is 0 Å². The van der Waals surface area contributed by atoms with Crippen molar-refractivity contribution in [1.82, 2.24) is 4.57 Å². The lowest BCUT2D eigenvalue weighted by Gasteiger charge is -2.27. The molecule has 1 aliphatic heterocycles. The molecule has 264 valence electrons. The van der Waals surface area contributed by atoms with Crippen molar-refractivity contribution in [3.05, 3.63) is 127 Å². The maximum absolute atomic E-state index is 14.4. The van der Waals surface area contributed by atoms with E-state index in [-0.39, 0.29) is 24.3 Å². The van der Waals surface area contributed by atoms with Crippen molar-refractivity contribution in [2.45, 2.75) is 32.9 Å². The van der Waals surface area contributed by atoms with Crippen LogP contribution in [0.2, 0.25) is 0 Å². The fourth-order valence-electron chi connectivity index (χ4n) is 6.06. The number of aromatic nitrogens is 1. The molecule has 0 amide bonds. The van der Waals surface area contributed by atoms with Crippen LogP contribution in [0.1, 0.15) is 43.0 Å². The minimum Gasteiger partial charge on any atom is -0.493 e. The molecule has 0 unspecified atom stereocenters. The van der Waals surface area contributed by atoms with Crippen LogP contribution in [-0.2, 0) is 20.9 Å². The third-order valence-corrected chi connectivity index (χ3v) is 9.47. The Morgan fingerprint density at radius 3 is 2.45 bits per heavy atom. The van der Waals surface area contributed by atoms with Crippen LogP contribution in [-0.4, -0.2) is 51.7 Å². The Kier molecular flexibility index (Phi) is 11.2. The molecule has 0 bridgehead atoms. The average molecular weight is 709 g/mol. The van der Waals surface area contributed by atoms with Crippen LogP contribution in [0.25, 0.3) is 16.8 Å². The van der Waals surface area contributed by atoms with E-state index in [1.807, 2.05) is 61.5 Å². The predicted molar refractivity (Wildman–Crippen MR) is 197 cm³/mol. The van der Waals surface area contributed by atoms with E-state index in [0.29, 0.717) is 56.8 Å². The number of thiazole rings is 1. The summed E-state index contributed by atoms with van der Waals surface area (Å²) in [5.41, 5.74) is 2.72. The van der Waals surface area contributed by atoms with E-state index < -0.39 is 12.0 Å². The number of fused-ring (bicyclic) bond motifs is 2. The van der Waals surface area contributed by atoms with Gasteiger partial charge in [-0.2, -0.15) is 0 Å². The number of benzene rings is 4. The number of ether oxygens (including phenoxy) is 6. The van der Waals surface area contributed by atoms with Crippen molar-refractivity contribution < 1.29 is 33.2 Å². The summed E-state index contributed by atoms with van der Waals surface area (Å²) in [4.78, 5) is 33.2. The van der Waals surface area contributed by atoms with Crippen LogP contribution in [0.3, 0.4) is 0 Å². The molecule has 51 heavy (non-hydrogen) atoms. The largest absolute Gasteiger partial charge is 0.493 e.